The van der Waals surface area contributed by atoms with Gasteiger partial charge in [0, 0.05) is 6.54 Å². The molecule has 1 aromatic heterocycles. The van der Waals surface area contributed by atoms with Crippen LogP contribution in [0.5, 0.6) is 0 Å². The zero-order chi connectivity index (χ0) is 13.8. The van der Waals surface area contributed by atoms with E-state index in [-0.39, 0.29) is 23.1 Å². The summed E-state index contributed by atoms with van der Waals surface area (Å²) in [4.78, 5) is 11.7. The first-order valence-electron chi connectivity index (χ1n) is 5.37. The molecule has 0 spiro atoms. The molecule has 7 heteroatoms. The van der Waals surface area contributed by atoms with E-state index in [1.165, 1.54) is 30.3 Å². The van der Waals surface area contributed by atoms with Crippen LogP contribution in [-0.2, 0) is 6.54 Å². The summed E-state index contributed by atoms with van der Waals surface area (Å²) in [6, 6.07) is 7.18. The normalized spacial score (nSPS) is 10.2. The van der Waals surface area contributed by atoms with Crippen molar-refractivity contribution in [3.8, 4) is 0 Å². The second-order valence-corrected chi connectivity index (χ2v) is 4.18. The minimum Gasteiger partial charge on any atom is -0.382 e. The maximum absolute atomic E-state index is 13.0. The van der Waals surface area contributed by atoms with E-state index in [2.05, 4.69) is 15.5 Å². The van der Waals surface area contributed by atoms with Crippen LogP contribution in [0, 0.1) is 5.82 Å². The fourth-order valence-electron chi connectivity index (χ4n) is 1.39. The lowest BCUT2D eigenvalue weighted by atomic mass is 10.2. The third-order valence-electron chi connectivity index (χ3n) is 2.35. The molecule has 0 aliphatic rings. The lowest BCUT2D eigenvalue weighted by Gasteiger charge is -2.05. The summed E-state index contributed by atoms with van der Waals surface area (Å²) >= 11 is 5.64. The number of aromatic nitrogens is 2. The summed E-state index contributed by atoms with van der Waals surface area (Å²) in [5.41, 5.74) is 6.21. The molecule has 19 heavy (non-hydrogen) atoms. The molecule has 0 aliphatic carbocycles. The first-order chi connectivity index (χ1) is 9.06. The Balaban J connectivity index is 2.00. The van der Waals surface area contributed by atoms with Crippen molar-refractivity contribution in [2.75, 3.05) is 5.73 Å². The topological polar surface area (TPSA) is 80.9 Å². The first kappa shape index (κ1) is 13.2. The van der Waals surface area contributed by atoms with E-state index in [9.17, 15) is 9.18 Å². The van der Waals surface area contributed by atoms with Crippen LogP contribution in [0.25, 0.3) is 0 Å². The summed E-state index contributed by atoms with van der Waals surface area (Å²) < 4.78 is 13.0. The Morgan fingerprint density at radius 3 is 2.74 bits per heavy atom. The van der Waals surface area contributed by atoms with Crippen LogP contribution in [-0.4, -0.2) is 16.1 Å². The third kappa shape index (κ3) is 3.38. The molecule has 2 aromatic rings. The Morgan fingerprint density at radius 1 is 1.32 bits per heavy atom. The Bertz CT molecular complexity index is 603. The van der Waals surface area contributed by atoms with Crippen LogP contribution < -0.4 is 11.1 Å². The largest absolute Gasteiger partial charge is 0.382 e. The summed E-state index contributed by atoms with van der Waals surface area (Å²) in [6.07, 6.45) is 0. The average molecular weight is 281 g/mol. The number of nitrogens with zero attached hydrogens (tertiary/aromatic N) is 2. The van der Waals surface area contributed by atoms with Gasteiger partial charge in [0.05, 0.1) is 5.02 Å². The van der Waals surface area contributed by atoms with Crippen molar-refractivity contribution in [1.82, 2.24) is 15.5 Å². The molecule has 3 N–H and O–H groups in total. The number of nitrogens with one attached hydrogen (secondary N) is 1. The van der Waals surface area contributed by atoms with Crippen LogP contribution in [0.2, 0.25) is 5.02 Å². The molecule has 0 unspecified atom stereocenters. The summed E-state index contributed by atoms with van der Waals surface area (Å²) in [6.45, 7) is 0.213. The van der Waals surface area contributed by atoms with Crippen LogP contribution in [0.15, 0.2) is 30.3 Å². The molecule has 1 heterocycles. The van der Waals surface area contributed by atoms with Crippen LogP contribution in [0.1, 0.15) is 16.1 Å². The van der Waals surface area contributed by atoms with Gasteiger partial charge in [-0.1, -0.05) is 17.7 Å². The number of rotatable bonds is 3. The second kappa shape index (κ2) is 5.62. The minimum absolute atomic E-state index is 0.0130. The molecule has 0 saturated carbocycles. The molecule has 0 aliphatic heterocycles. The number of halogens is 2. The van der Waals surface area contributed by atoms with E-state index in [1.807, 2.05) is 0 Å². The maximum atomic E-state index is 13.0. The van der Waals surface area contributed by atoms with E-state index < -0.39 is 11.7 Å². The SMILES string of the molecule is Nc1ccc(C(=O)NCc2ccc(F)c(Cl)c2)nn1. The lowest BCUT2D eigenvalue weighted by molar-refractivity contribution is 0.0945. The number of nitrogen functional groups attached to an aromatic ring is 1. The van der Waals surface area contributed by atoms with Crippen molar-refractivity contribution in [3.05, 3.63) is 52.4 Å². The number of amides is 1. The molecule has 0 radical (unpaired) electrons. The Labute approximate surface area is 113 Å². The Morgan fingerprint density at radius 2 is 2.11 bits per heavy atom. The van der Waals surface area contributed by atoms with Gasteiger partial charge in [0.2, 0.25) is 0 Å². The highest BCUT2D eigenvalue weighted by atomic mass is 35.5. The predicted octanol–water partition coefficient (Wildman–Crippen LogP) is 1.78. The molecular formula is C12H10ClFN4O. The van der Waals surface area contributed by atoms with Gasteiger partial charge in [0.25, 0.3) is 5.91 Å². The van der Waals surface area contributed by atoms with Crippen molar-refractivity contribution < 1.29 is 9.18 Å². The van der Waals surface area contributed by atoms with Crippen molar-refractivity contribution >= 4 is 23.3 Å². The Kier molecular flexibility index (Phi) is 3.91. The highest BCUT2D eigenvalue weighted by molar-refractivity contribution is 6.30. The first-order valence-corrected chi connectivity index (χ1v) is 5.75. The van der Waals surface area contributed by atoms with Gasteiger partial charge in [0.15, 0.2) is 5.69 Å². The van der Waals surface area contributed by atoms with Crippen LogP contribution >= 0.6 is 11.6 Å². The van der Waals surface area contributed by atoms with E-state index in [4.69, 9.17) is 17.3 Å². The molecule has 0 bridgehead atoms. The molecule has 1 aromatic carbocycles. The molecule has 0 saturated heterocycles. The highest BCUT2D eigenvalue weighted by Gasteiger charge is 2.08. The van der Waals surface area contributed by atoms with E-state index in [0.29, 0.717) is 5.56 Å². The number of benzene rings is 1. The summed E-state index contributed by atoms with van der Waals surface area (Å²) in [5.74, 6) is -0.657. The van der Waals surface area contributed by atoms with Gasteiger partial charge in [-0.3, -0.25) is 4.79 Å². The molecular weight excluding hydrogens is 271 g/mol. The average Bonchev–Trinajstić information content (AvgIpc) is 2.40. The quantitative estimate of drug-likeness (QED) is 0.898. The van der Waals surface area contributed by atoms with Gasteiger partial charge in [-0.2, -0.15) is 0 Å². The van der Waals surface area contributed by atoms with E-state index >= 15 is 0 Å². The van der Waals surface area contributed by atoms with Crippen LogP contribution in [0.3, 0.4) is 0 Å². The zero-order valence-electron chi connectivity index (χ0n) is 9.73. The van der Waals surface area contributed by atoms with Crippen LogP contribution in [0.4, 0.5) is 10.2 Å². The van der Waals surface area contributed by atoms with Crippen molar-refractivity contribution in [2.24, 2.45) is 0 Å². The van der Waals surface area contributed by atoms with E-state index in [1.54, 1.807) is 0 Å². The molecule has 2 rings (SSSR count). The second-order valence-electron chi connectivity index (χ2n) is 3.77. The standard InChI is InChI=1S/C12H10ClFN4O/c13-8-5-7(1-2-9(8)14)6-16-12(19)10-3-4-11(15)18-17-10/h1-5H,6H2,(H2,15,18)(H,16,19). The number of hydrogen-bond acceptors (Lipinski definition) is 4. The zero-order valence-corrected chi connectivity index (χ0v) is 10.5. The number of nitrogens with two attached hydrogens (primary N) is 1. The molecule has 0 fully saturated rings. The maximum Gasteiger partial charge on any atom is 0.272 e. The molecule has 98 valence electrons. The van der Waals surface area contributed by atoms with Gasteiger partial charge in [0.1, 0.15) is 11.6 Å². The van der Waals surface area contributed by atoms with Gasteiger partial charge in [-0.05, 0) is 29.8 Å². The third-order valence-corrected chi connectivity index (χ3v) is 2.64. The molecule has 1 amide bonds. The van der Waals surface area contributed by atoms with Gasteiger partial charge >= 0.3 is 0 Å². The summed E-state index contributed by atoms with van der Waals surface area (Å²) in [7, 11) is 0. The highest BCUT2D eigenvalue weighted by Crippen LogP contribution is 2.15. The predicted molar refractivity (Wildman–Crippen MR) is 69.0 cm³/mol. The van der Waals surface area contributed by atoms with Crippen molar-refractivity contribution in [3.63, 3.8) is 0 Å². The van der Waals surface area contributed by atoms with Gasteiger partial charge < -0.3 is 11.1 Å². The number of hydrogen-bond donors (Lipinski definition) is 2. The number of anilines is 1. The smallest absolute Gasteiger partial charge is 0.272 e. The minimum atomic E-state index is -0.499. The van der Waals surface area contributed by atoms with Crippen molar-refractivity contribution in [1.29, 1.82) is 0 Å². The number of carbonyl (C=O) groups excluding carboxylic acids is 1. The van der Waals surface area contributed by atoms with E-state index in [0.717, 1.165) is 0 Å². The van der Waals surface area contributed by atoms with Crippen molar-refractivity contribution in [2.45, 2.75) is 6.54 Å². The molecule has 0 atom stereocenters. The van der Waals surface area contributed by atoms with Gasteiger partial charge in [-0.25, -0.2) is 4.39 Å². The summed E-state index contributed by atoms with van der Waals surface area (Å²) in [5, 5.41) is 9.86. The fraction of sp³-hybridized carbons (Fsp3) is 0.0833. The Hall–Kier alpha value is -2.21. The van der Waals surface area contributed by atoms with Gasteiger partial charge in [-0.15, -0.1) is 10.2 Å². The number of carbonyl (C=O) groups is 1. The molecule has 5 nitrogen and oxygen atoms in total. The lowest BCUT2D eigenvalue weighted by Crippen LogP contribution is -2.24. The fourth-order valence-corrected chi connectivity index (χ4v) is 1.59. The monoisotopic (exact) mass is 280 g/mol.